The summed E-state index contributed by atoms with van der Waals surface area (Å²) < 4.78 is 81.2. The van der Waals surface area contributed by atoms with Gasteiger partial charge in [-0.1, -0.05) is 60.7 Å². The maximum atomic E-state index is 14.0. The fraction of sp³-hybridized carbons (Fsp3) is 0.286. The molecule has 1 saturated heterocycles. The number of carbonyl (C=O) groups excluding carboxylic acids is 1. The highest BCUT2D eigenvalue weighted by Gasteiger charge is 2.33. The summed E-state index contributed by atoms with van der Waals surface area (Å²) in [5, 5.41) is 32.1. The third-order valence-corrected chi connectivity index (χ3v) is 8.01. The molecule has 1 aliphatic rings. The van der Waals surface area contributed by atoms with Crippen molar-refractivity contribution in [3.63, 3.8) is 0 Å². The maximum Gasteiger partial charge on any atom is 0.257 e. The van der Waals surface area contributed by atoms with E-state index in [2.05, 4.69) is 5.32 Å². The molecule has 4 aromatic carbocycles. The van der Waals surface area contributed by atoms with Gasteiger partial charge in [0.2, 0.25) is 5.82 Å². The summed E-state index contributed by atoms with van der Waals surface area (Å²) in [7, 11) is 1.83. The van der Waals surface area contributed by atoms with E-state index in [0.29, 0.717) is 29.7 Å². The lowest BCUT2D eigenvalue weighted by atomic mass is 9.99. The van der Waals surface area contributed by atoms with Gasteiger partial charge in [0.15, 0.2) is 29.6 Å². The molecule has 1 aliphatic heterocycles. The van der Waals surface area contributed by atoms with Crippen molar-refractivity contribution in [3.8, 4) is 5.75 Å². The van der Waals surface area contributed by atoms with E-state index < -0.39 is 59.1 Å². The fourth-order valence-electron chi connectivity index (χ4n) is 5.46. The lowest BCUT2D eigenvalue weighted by Gasteiger charge is -2.38. The van der Waals surface area contributed by atoms with Gasteiger partial charge in [-0.2, -0.15) is 0 Å². The quantitative estimate of drug-likeness (QED) is 0.0917. The second-order valence-corrected chi connectivity index (χ2v) is 11.6. The van der Waals surface area contributed by atoms with Crippen molar-refractivity contribution in [3.05, 3.63) is 135 Å². The van der Waals surface area contributed by atoms with E-state index >= 15 is 0 Å². The molecule has 0 aliphatic carbocycles. The highest BCUT2D eigenvalue weighted by atomic mass is 19.2. The molecule has 4 aromatic rings. The number of aliphatic hydroxyl groups is 2. The average Bonchev–Trinajstić information content (AvgIpc) is 3.09. The number of rotatable bonds is 11. The molecule has 8 nitrogen and oxygen atoms in total. The molecular weight excluding hydrogens is 639 g/mol. The van der Waals surface area contributed by atoms with Crippen LogP contribution in [0, 0.1) is 29.1 Å². The molecule has 0 bridgehead atoms. The Morgan fingerprint density at radius 3 is 2.10 bits per heavy atom. The zero-order valence-electron chi connectivity index (χ0n) is 25.7. The summed E-state index contributed by atoms with van der Waals surface area (Å²) in [5.74, 6) is -12.6. The minimum atomic E-state index is -2.35. The number of aliphatic hydroxyl groups excluding tert-OH is 2. The van der Waals surface area contributed by atoms with Gasteiger partial charge < -0.3 is 35.0 Å². The van der Waals surface area contributed by atoms with Gasteiger partial charge in [0, 0.05) is 31.6 Å². The van der Waals surface area contributed by atoms with Gasteiger partial charge in [-0.3, -0.25) is 4.79 Å². The van der Waals surface area contributed by atoms with Crippen molar-refractivity contribution in [2.45, 2.75) is 44.2 Å². The number of ether oxygens (including phenoxy) is 2. The Hall–Kier alpha value is -4.40. The zero-order valence-corrected chi connectivity index (χ0v) is 25.7. The van der Waals surface area contributed by atoms with E-state index in [4.69, 9.17) is 9.47 Å². The number of nitrogens with one attached hydrogen (secondary N) is 1. The molecule has 1 heterocycles. The average molecular weight is 673 g/mol. The van der Waals surface area contributed by atoms with Crippen LogP contribution < -0.4 is 5.32 Å². The van der Waals surface area contributed by atoms with Crippen LogP contribution in [0.3, 0.4) is 0 Å². The van der Waals surface area contributed by atoms with Crippen molar-refractivity contribution in [2.24, 2.45) is 0 Å². The third-order valence-electron chi connectivity index (χ3n) is 8.01. The summed E-state index contributed by atoms with van der Waals surface area (Å²) in [6.07, 6.45) is -1.98. The van der Waals surface area contributed by atoms with Crippen LogP contribution >= 0.6 is 0 Å². The first-order chi connectivity index (χ1) is 22.9. The summed E-state index contributed by atoms with van der Waals surface area (Å²) in [6, 6.07) is 20.2. The van der Waals surface area contributed by atoms with E-state index in [1.807, 2.05) is 24.1 Å². The van der Waals surface area contributed by atoms with E-state index in [1.165, 1.54) is 12.1 Å². The van der Waals surface area contributed by atoms with Crippen molar-refractivity contribution in [2.75, 3.05) is 20.1 Å². The van der Waals surface area contributed by atoms with Crippen LogP contribution in [-0.2, 0) is 22.6 Å². The first-order valence-corrected chi connectivity index (χ1v) is 15.0. The topological polar surface area (TPSA) is 111 Å². The van der Waals surface area contributed by atoms with Gasteiger partial charge in [-0.25, -0.2) is 22.0 Å². The number of phenolic OH excluding ortho intramolecular Hbond substituents is 1. The first-order valence-electron chi connectivity index (χ1n) is 15.0. The molecule has 0 unspecified atom stereocenters. The highest BCUT2D eigenvalue weighted by Crippen LogP contribution is 2.38. The third kappa shape index (κ3) is 8.00. The number of amides is 1. The van der Waals surface area contributed by atoms with Gasteiger partial charge in [-0.05, 0) is 41.4 Å². The molecule has 13 heteroatoms. The van der Waals surface area contributed by atoms with Crippen LogP contribution in [0.15, 0.2) is 72.8 Å². The Labute approximate surface area is 273 Å². The minimum absolute atomic E-state index is 0.0507. The molecule has 0 radical (unpaired) electrons. The number of hydrogen-bond acceptors (Lipinski definition) is 7. The molecule has 4 N–H and O–H groups in total. The van der Waals surface area contributed by atoms with Crippen LogP contribution in [0.25, 0.3) is 0 Å². The summed E-state index contributed by atoms with van der Waals surface area (Å²) in [6.45, 7) is 0.291. The van der Waals surface area contributed by atoms with E-state index in [1.54, 1.807) is 48.5 Å². The number of halogens is 5. The van der Waals surface area contributed by atoms with E-state index in [9.17, 15) is 42.1 Å². The molecular formula is C35H33F5N2O6. The number of carbonyl (C=O) groups is 1. The predicted octanol–water partition coefficient (Wildman–Crippen LogP) is 5.72. The number of aromatic hydroxyl groups is 1. The fourth-order valence-corrected chi connectivity index (χ4v) is 5.46. The molecule has 1 amide bonds. The standard InChI is InChI=1S/C35H33F5N2O6/c1-42(17-26(45)23-3-2-4-24(44)13-23)16-25-14-27(21-9-7-20(18-43)8-10-21)48-35(47-25)22-11-5-19(6-12-22)15-41-34(46)28-29(36)31(38)33(40)32(39)30(28)37/h2-13,25-27,35,43-45H,14-18H2,1H3,(H,41,46)/t25-,26-,27+,35+/m1/s1. The number of likely N-dealkylation sites (N-methyl/N-ethyl adjacent to an activating group) is 1. The monoisotopic (exact) mass is 672 g/mol. The van der Waals surface area contributed by atoms with Crippen molar-refractivity contribution in [1.82, 2.24) is 10.2 Å². The number of nitrogens with zero attached hydrogens (tertiary/aromatic N) is 1. The van der Waals surface area contributed by atoms with Crippen LogP contribution in [0.4, 0.5) is 22.0 Å². The van der Waals surface area contributed by atoms with Crippen LogP contribution in [0.1, 0.15) is 63.1 Å². The van der Waals surface area contributed by atoms with Gasteiger partial charge >= 0.3 is 0 Å². The molecule has 0 aromatic heterocycles. The number of benzene rings is 4. The molecule has 5 rings (SSSR count). The number of hydrogen-bond donors (Lipinski definition) is 4. The Balaban J connectivity index is 1.28. The van der Waals surface area contributed by atoms with Crippen LogP contribution in [0.2, 0.25) is 0 Å². The highest BCUT2D eigenvalue weighted by molar-refractivity contribution is 5.94. The molecule has 4 atom stereocenters. The van der Waals surface area contributed by atoms with Crippen LogP contribution in [0.5, 0.6) is 5.75 Å². The predicted molar refractivity (Wildman–Crippen MR) is 163 cm³/mol. The Morgan fingerprint density at radius 1 is 0.875 bits per heavy atom. The van der Waals surface area contributed by atoms with Crippen LogP contribution in [-0.4, -0.2) is 52.4 Å². The Kier molecular flexibility index (Phi) is 11.1. The Morgan fingerprint density at radius 2 is 1.48 bits per heavy atom. The van der Waals surface area contributed by atoms with Gasteiger partial charge in [0.25, 0.3) is 5.91 Å². The van der Waals surface area contributed by atoms with Gasteiger partial charge in [-0.15, -0.1) is 0 Å². The maximum absolute atomic E-state index is 14.0. The van der Waals surface area contributed by atoms with Crippen molar-refractivity contribution >= 4 is 5.91 Å². The second-order valence-electron chi connectivity index (χ2n) is 11.6. The SMILES string of the molecule is CN(C[C@H]1C[C@@H](c2ccc(CO)cc2)O[C@@H](c2ccc(CNC(=O)c3c(F)c(F)c(F)c(F)c3F)cc2)O1)C[C@@H](O)c1cccc(O)c1. The number of phenols is 1. The largest absolute Gasteiger partial charge is 0.508 e. The minimum Gasteiger partial charge on any atom is -0.508 e. The summed E-state index contributed by atoms with van der Waals surface area (Å²) >= 11 is 0. The second kappa shape index (κ2) is 15.2. The summed E-state index contributed by atoms with van der Waals surface area (Å²) in [5.41, 5.74) is 1.66. The molecule has 0 spiro atoms. The lowest BCUT2D eigenvalue weighted by molar-refractivity contribution is -0.252. The van der Waals surface area contributed by atoms with Crippen molar-refractivity contribution in [1.29, 1.82) is 0 Å². The van der Waals surface area contributed by atoms with Gasteiger partial charge in [0.05, 0.1) is 24.9 Å². The lowest BCUT2D eigenvalue weighted by Crippen LogP contribution is -2.39. The Bertz CT molecular complexity index is 1710. The van der Waals surface area contributed by atoms with E-state index in [0.717, 1.165) is 11.1 Å². The van der Waals surface area contributed by atoms with Gasteiger partial charge in [0.1, 0.15) is 11.3 Å². The van der Waals surface area contributed by atoms with E-state index in [-0.39, 0.29) is 31.5 Å². The van der Waals surface area contributed by atoms with Crippen molar-refractivity contribution < 1.29 is 51.5 Å². The zero-order chi connectivity index (χ0) is 34.5. The summed E-state index contributed by atoms with van der Waals surface area (Å²) in [4.78, 5) is 14.3. The molecule has 48 heavy (non-hydrogen) atoms. The molecule has 254 valence electrons. The molecule has 1 fully saturated rings. The molecule has 0 saturated carbocycles. The first kappa shape index (κ1) is 34.9. The smallest absolute Gasteiger partial charge is 0.257 e. The normalized spacial score (nSPS) is 18.6.